The minimum Gasteiger partial charge on any atom is -0.368 e. The maximum Gasteiger partial charge on any atom is 0.312 e. The summed E-state index contributed by atoms with van der Waals surface area (Å²) in [5, 5.41) is 6.00. The number of benzene rings is 1. The molecule has 3 amide bonds. The number of nitrogens with zero attached hydrogens (tertiary/aromatic N) is 5. The first-order valence-electron chi connectivity index (χ1n) is 11.5. The van der Waals surface area contributed by atoms with Crippen LogP contribution in [0.25, 0.3) is 0 Å². The van der Waals surface area contributed by atoms with Crippen LogP contribution in [0.15, 0.2) is 36.5 Å². The lowest BCUT2D eigenvalue weighted by molar-refractivity contribution is -0.129. The largest absolute Gasteiger partial charge is 0.368 e. The number of urea groups is 1. The standard InChI is InChI=1S/C23H32N8O2/c1-17(32)29-12-14-30(15-13-29)20-4-2-19(3-5-20)27-23-25-9-6-21(28-23)31-10-7-18(8-11-31)16-26-22(24)33/h2-6,9,18H,7-8,10-16H2,1H3,(H3,24,26,33)(H,25,27,28). The molecule has 3 heterocycles. The van der Waals surface area contributed by atoms with E-state index >= 15 is 0 Å². The fourth-order valence-corrected chi connectivity index (χ4v) is 4.36. The highest BCUT2D eigenvalue weighted by Gasteiger charge is 2.21. The Bertz CT molecular complexity index is 951. The topological polar surface area (TPSA) is 120 Å². The lowest BCUT2D eigenvalue weighted by Crippen LogP contribution is -2.48. The third-order valence-corrected chi connectivity index (χ3v) is 6.36. The zero-order valence-corrected chi connectivity index (χ0v) is 19.0. The van der Waals surface area contributed by atoms with E-state index in [4.69, 9.17) is 10.7 Å². The number of carbonyl (C=O) groups is 2. The van der Waals surface area contributed by atoms with Gasteiger partial charge in [0.2, 0.25) is 11.9 Å². The summed E-state index contributed by atoms with van der Waals surface area (Å²) in [6.07, 6.45) is 3.73. The number of primary amides is 1. The first-order valence-corrected chi connectivity index (χ1v) is 11.5. The van der Waals surface area contributed by atoms with Gasteiger partial charge in [-0.05, 0) is 49.1 Å². The zero-order chi connectivity index (χ0) is 23.2. The van der Waals surface area contributed by atoms with Crippen LogP contribution in [0.3, 0.4) is 0 Å². The van der Waals surface area contributed by atoms with Crippen molar-refractivity contribution in [1.29, 1.82) is 0 Å². The molecule has 0 unspecified atom stereocenters. The molecule has 4 rings (SSSR count). The Morgan fingerprint density at radius 3 is 2.33 bits per heavy atom. The fraction of sp³-hybridized carbons (Fsp3) is 0.478. The molecule has 4 N–H and O–H groups in total. The highest BCUT2D eigenvalue weighted by atomic mass is 16.2. The molecule has 10 heteroatoms. The Labute approximate surface area is 194 Å². The second-order valence-corrected chi connectivity index (χ2v) is 8.58. The van der Waals surface area contributed by atoms with Gasteiger partial charge in [0.15, 0.2) is 0 Å². The normalized spacial score (nSPS) is 17.1. The van der Waals surface area contributed by atoms with Crippen LogP contribution in [0.4, 0.5) is 27.9 Å². The molecule has 2 aliphatic rings. The molecule has 2 saturated heterocycles. The number of amides is 3. The fourth-order valence-electron chi connectivity index (χ4n) is 4.36. The number of anilines is 4. The summed E-state index contributed by atoms with van der Waals surface area (Å²) >= 11 is 0. The van der Waals surface area contributed by atoms with Gasteiger partial charge in [-0.2, -0.15) is 4.98 Å². The molecule has 0 aliphatic carbocycles. The lowest BCUT2D eigenvalue weighted by Gasteiger charge is -2.35. The number of nitrogens with two attached hydrogens (primary N) is 1. The van der Waals surface area contributed by atoms with Gasteiger partial charge in [-0.25, -0.2) is 9.78 Å². The van der Waals surface area contributed by atoms with Crippen molar-refractivity contribution < 1.29 is 9.59 Å². The molecule has 1 aromatic carbocycles. The second-order valence-electron chi connectivity index (χ2n) is 8.58. The Morgan fingerprint density at radius 2 is 1.70 bits per heavy atom. The third-order valence-electron chi connectivity index (χ3n) is 6.36. The van der Waals surface area contributed by atoms with Gasteiger partial charge in [-0.1, -0.05) is 0 Å². The summed E-state index contributed by atoms with van der Waals surface area (Å²) in [5.41, 5.74) is 7.24. The van der Waals surface area contributed by atoms with E-state index in [1.807, 2.05) is 23.1 Å². The highest BCUT2D eigenvalue weighted by Crippen LogP contribution is 2.24. The molecule has 2 aliphatic heterocycles. The van der Waals surface area contributed by atoms with Gasteiger partial charge in [0.1, 0.15) is 5.82 Å². The van der Waals surface area contributed by atoms with Crippen LogP contribution in [-0.4, -0.2) is 72.6 Å². The van der Waals surface area contributed by atoms with Crippen molar-refractivity contribution in [2.45, 2.75) is 19.8 Å². The van der Waals surface area contributed by atoms with Gasteiger partial charge in [0.25, 0.3) is 0 Å². The molecule has 0 saturated carbocycles. The van der Waals surface area contributed by atoms with E-state index in [0.717, 1.165) is 69.3 Å². The molecule has 0 bridgehead atoms. The summed E-state index contributed by atoms with van der Waals surface area (Å²) in [6, 6.07) is 9.69. The molecule has 0 radical (unpaired) electrons. The molecule has 2 aromatic rings. The van der Waals surface area contributed by atoms with Crippen molar-refractivity contribution >= 4 is 35.1 Å². The molecule has 2 fully saturated rings. The molecular formula is C23H32N8O2. The molecule has 0 atom stereocenters. The van der Waals surface area contributed by atoms with Crippen molar-refractivity contribution in [2.24, 2.45) is 11.7 Å². The van der Waals surface area contributed by atoms with Crippen molar-refractivity contribution in [3.63, 3.8) is 0 Å². The minimum atomic E-state index is -0.465. The van der Waals surface area contributed by atoms with E-state index in [1.165, 1.54) is 0 Å². The van der Waals surface area contributed by atoms with Crippen molar-refractivity contribution in [3.8, 4) is 0 Å². The average molecular weight is 453 g/mol. The van der Waals surface area contributed by atoms with E-state index < -0.39 is 6.03 Å². The minimum absolute atomic E-state index is 0.140. The van der Waals surface area contributed by atoms with Crippen LogP contribution in [0, 0.1) is 5.92 Å². The maximum atomic E-state index is 11.5. The van der Waals surface area contributed by atoms with Crippen molar-refractivity contribution in [1.82, 2.24) is 20.2 Å². The van der Waals surface area contributed by atoms with Gasteiger partial charge < -0.3 is 31.1 Å². The first-order chi connectivity index (χ1) is 16.0. The Balaban J connectivity index is 1.31. The lowest BCUT2D eigenvalue weighted by atomic mass is 9.97. The van der Waals surface area contributed by atoms with Crippen molar-refractivity contribution in [3.05, 3.63) is 36.5 Å². The van der Waals surface area contributed by atoms with Crippen LogP contribution in [0.5, 0.6) is 0 Å². The molecule has 176 valence electrons. The SMILES string of the molecule is CC(=O)N1CCN(c2ccc(Nc3nccc(N4CCC(CNC(N)=O)CC4)n3)cc2)CC1. The molecular weight excluding hydrogens is 420 g/mol. The Hall–Kier alpha value is -3.56. The number of aromatic nitrogens is 2. The summed E-state index contributed by atoms with van der Waals surface area (Å²) in [4.78, 5) is 37.9. The maximum absolute atomic E-state index is 11.5. The van der Waals surface area contributed by atoms with Crippen LogP contribution >= 0.6 is 0 Å². The number of piperidine rings is 1. The third kappa shape index (κ3) is 6.03. The van der Waals surface area contributed by atoms with E-state index in [0.29, 0.717) is 18.4 Å². The number of hydrogen-bond acceptors (Lipinski definition) is 7. The number of piperazine rings is 1. The van der Waals surface area contributed by atoms with Gasteiger partial charge in [0.05, 0.1) is 0 Å². The van der Waals surface area contributed by atoms with E-state index in [1.54, 1.807) is 13.1 Å². The van der Waals surface area contributed by atoms with Gasteiger partial charge in [-0.15, -0.1) is 0 Å². The predicted octanol–water partition coefficient (Wildman–Crippen LogP) is 1.77. The Kier molecular flexibility index (Phi) is 7.11. The Morgan fingerprint density at radius 1 is 1.00 bits per heavy atom. The van der Waals surface area contributed by atoms with E-state index in [2.05, 4.69) is 37.6 Å². The molecule has 10 nitrogen and oxygen atoms in total. The summed E-state index contributed by atoms with van der Waals surface area (Å²) in [5.74, 6) is 2.04. The summed E-state index contributed by atoms with van der Waals surface area (Å²) < 4.78 is 0. The second kappa shape index (κ2) is 10.4. The van der Waals surface area contributed by atoms with Crippen LogP contribution in [0.2, 0.25) is 0 Å². The quantitative estimate of drug-likeness (QED) is 0.611. The average Bonchev–Trinajstić information content (AvgIpc) is 2.84. The van der Waals surface area contributed by atoms with Crippen LogP contribution < -0.4 is 26.2 Å². The van der Waals surface area contributed by atoms with Gasteiger partial charge in [0, 0.05) is 70.3 Å². The number of carbonyl (C=O) groups excluding carboxylic acids is 2. The first kappa shape index (κ1) is 22.6. The van der Waals surface area contributed by atoms with E-state index in [9.17, 15) is 9.59 Å². The van der Waals surface area contributed by atoms with E-state index in [-0.39, 0.29) is 5.91 Å². The molecule has 0 spiro atoms. The summed E-state index contributed by atoms with van der Waals surface area (Å²) in [6.45, 7) is 7.21. The number of hydrogen-bond donors (Lipinski definition) is 3. The monoisotopic (exact) mass is 452 g/mol. The number of rotatable bonds is 6. The highest BCUT2D eigenvalue weighted by molar-refractivity contribution is 5.73. The van der Waals surface area contributed by atoms with Gasteiger partial charge in [-0.3, -0.25) is 4.79 Å². The smallest absolute Gasteiger partial charge is 0.312 e. The van der Waals surface area contributed by atoms with Crippen LogP contribution in [-0.2, 0) is 4.79 Å². The summed E-state index contributed by atoms with van der Waals surface area (Å²) in [7, 11) is 0. The number of nitrogens with one attached hydrogen (secondary N) is 2. The molecule has 1 aromatic heterocycles. The zero-order valence-electron chi connectivity index (χ0n) is 19.0. The van der Waals surface area contributed by atoms with Crippen LogP contribution in [0.1, 0.15) is 19.8 Å². The van der Waals surface area contributed by atoms with Crippen molar-refractivity contribution in [2.75, 3.05) is 60.9 Å². The van der Waals surface area contributed by atoms with Gasteiger partial charge >= 0.3 is 6.03 Å². The molecule has 33 heavy (non-hydrogen) atoms. The predicted molar refractivity (Wildman–Crippen MR) is 129 cm³/mol.